The van der Waals surface area contributed by atoms with E-state index >= 15 is 0 Å². The Morgan fingerprint density at radius 2 is 1.71 bits per heavy atom. The van der Waals surface area contributed by atoms with Crippen LogP contribution < -0.4 is 0 Å². The van der Waals surface area contributed by atoms with E-state index in [4.69, 9.17) is 0 Å². The van der Waals surface area contributed by atoms with E-state index in [0.717, 1.165) is 0 Å². The second-order valence-electron chi connectivity index (χ2n) is 3.84. The van der Waals surface area contributed by atoms with Crippen LogP contribution in [0, 0.1) is 0 Å². The summed E-state index contributed by atoms with van der Waals surface area (Å²) in [6.07, 6.45) is 1.09. The van der Waals surface area contributed by atoms with Gasteiger partial charge >= 0.3 is 0 Å². The molecule has 0 amide bonds. The molecule has 5 nitrogen and oxygen atoms in total. The molecule has 1 saturated heterocycles. The molecule has 7 heteroatoms. The summed E-state index contributed by atoms with van der Waals surface area (Å²) in [6, 6.07) is 7.63. The summed E-state index contributed by atoms with van der Waals surface area (Å²) in [4.78, 5) is 0.0190. The van der Waals surface area contributed by atoms with Crippen LogP contribution >= 0.6 is 0 Å². The van der Waals surface area contributed by atoms with E-state index in [0.29, 0.717) is 16.6 Å². The summed E-state index contributed by atoms with van der Waals surface area (Å²) >= 11 is 0. The van der Waals surface area contributed by atoms with Crippen LogP contribution in [0.4, 0.5) is 0 Å². The first-order valence-electron chi connectivity index (χ1n) is 5.25. The Balaban J connectivity index is 2.46. The first kappa shape index (κ1) is 12.5. The van der Waals surface area contributed by atoms with Gasteiger partial charge in [0.25, 0.3) is 10.0 Å². The maximum absolute atomic E-state index is 12.1. The SMILES string of the molecule is O=S1(=O)CCCCN1S(=O)(=O)c1ccccc1. The highest BCUT2D eigenvalue weighted by Crippen LogP contribution is 2.23. The predicted molar refractivity (Wildman–Crippen MR) is 63.4 cm³/mol. The molecule has 17 heavy (non-hydrogen) atoms. The highest BCUT2D eigenvalue weighted by Gasteiger charge is 2.36. The van der Waals surface area contributed by atoms with Gasteiger partial charge in [-0.05, 0) is 25.0 Å². The van der Waals surface area contributed by atoms with Gasteiger partial charge in [-0.15, -0.1) is 0 Å². The van der Waals surface area contributed by atoms with Gasteiger partial charge in [-0.3, -0.25) is 0 Å². The van der Waals surface area contributed by atoms with Crippen molar-refractivity contribution in [1.82, 2.24) is 3.71 Å². The lowest BCUT2D eigenvalue weighted by Crippen LogP contribution is -2.42. The quantitative estimate of drug-likeness (QED) is 0.800. The molecule has 1 heterocycles. The Hall–Kier alpha value is -0.920. The molecule has 0 N–H and O–H groups in total. The molecule has 0 bridgehead atoms. The van der Waals surface area contributed by atoms with E-state index in [1.54, 1.807) is 18.2 Å². The minimum Gasteiger partial charge on any atom is -0.211 e. The fraction of sp³-hybridized carbons (Fsp3) is 0.400. The van der Waals surface area contributed by atoms with Gasteiger partial charge in [0.2, 0.25) is 10.0 Å². The molecule has 1 fully saturated rings. The Labute approximate surface area is 101 Å². The molecule has 0 aromatic heterocycles. The standard InChI is InChI=1S/C10H13NO4S2/c12-16(13)9-5-4-8-11(16)17(14,15)10-6-2-1-3-7-10/h1-3,6-7H,4-5,8-9H2. The van der Waals surface area contributed by atoms with Gasteiger partial charge < -0.3 is 0 Å². The lowest BCUT2D eigenvalue weighted by Gasteiger charge is -2.25. The fourth-order valence-corrected chi connectivity index (χ4v) is 5.71. The second kappa shape index (κ2) is 4.40. The van der Waals surface area contributed by atoms with E-state index in [2.05, 4.69) is 0 Å². The average molecular weight is 275 g/mol. The molecule has 0 aliphatic carbocycles. The molecule has 0 unspecified atom stereocenters. The van der Waals surface area contributed by atoms with Gasteiger partial charge in [0.15, 0.2) is 0 Å². The van der Waals surface area contributed by atoms with Crippen molar-refractivity contribution < 1.29 is 16.8 Å². The molecule has 1 aliphatic heterocycles. The van der Waals surface area contributed by atoms with Crippen LogP contribution in [0.3, 0.4) is 0 Å². The van der Waals surface area contributed by atoms with Crippen molar-refractivity contribution in [2.24, 2.45) is 0 Å². The summed E-state index contributed by atoms with van der Waals surface area (Å²) < 4.78 is 48.4. The third-order valence-corrected chi connectivity index (χ3v) is 7.08. The van der Waals surface area contributed by atoms with Gasteiger partial charge in [0.1, 0.15) is 0 Å². The normalized spacial score (nSPS) is 21.2. The van der Waals surface area contributed by atoms with Crippen molar-refractivity contribution in [2.45, 2.75) is 17.7 Å². The number of sulfonamides is 2. The minimum absolute atomic E-state index is 0.0190. The van der Waals surface area contributed by atoms with Crippen molar-refractivity contribution in [3.63, 3.8) is 0 Å². The monoisotopic (exact) mass is 275 g/mol. The third kappa shape index (κ3) is 2.36. The summed E-state index contributed by atoms with van der Waals surface area (Å²) in [6.45, 7) is 0.0412. The van der Waals surface area contributed by atoms with Crippen molar-refractivity contribution in [1.29, 1.82) is 0 Å². The molecule has 0 spiro atoms. The number of hydrogen-bond donors (Lipinski definition) is 0. The zero-order chi connectivity index (χ0) is 12.5. The summed E-state index contributed by atoms with van der Waals surface area (Å²) in [7, 11) is -7.61. The van der Waals surface area contributed by atoms with Crippen LogP contribution in [0.2, 0.25) is 0 Å². The van der Waals surface area contributed by atoms with Crippen LogP contribution in [0.15, 0.2) is 35.2 Å². The zero-order valence-electron chi connectivity index (χ0n) is 9.11. The Morgan fingerprint density at radius 1 is 1.06 bits per heavy atom. The van der Waals surface area contributed by atoms with Gasteiger partial charge in [-0.2, -0.15) is 0 Å². The molecule has 0 atom stereocenters. The summed E-state index contributed by atoms with van der Waals surface area (Å²) in [5.41, 5.74) is 0. The lowest BCUT2D eigenvalue weighted by molar-refractivity contribution is 0.470. The highest BCUT2D eigenvalue weighted by molar-refractivity contribution is 8.04. The molecule has 1 aromatic carbocycles. The second-order valence-corrected chi connectivity index (χ2v) is 7.94. The Bertz CT molecular complexity index is 592. The first-order chi connectivity index (χ1) is 7.94. The topological polar surface area (TPSA) is 71.5 Å². The van der Waals surface area contributed by atoms with E-state index in [-0.39, 0.29) is 17.2 Å². The number of hydrogen-bond acceptors (Lipinski definition) is 4. The average Bonchev–Trinajstić information content (AvgIpc) is 2.29. The smallest absolute Gasteiger partial charge is 0.211 e. The maximum atomic E-state index is 12.1. The largest absolute Gasteiger partial charge is 0.256 e. The summed E-state index contributed by atoms with van der Waals surface area (Å²) in [5.74, 6) is -0.0982. The van der Waals surface area contributed by atoms with Crippen molar-refractivity contribution >= 4 is 20.0 Å². The molecule has 0 saturated carbocycles. The van der Waals surface area contributed by atoms with Crippen LogP contribution in [-0.2, 0) is 20.0 Å². The molecule has 94 valence electrons. The van der Waals surface area contributed by atoms with Gasteiger partial charge in [0, 0.05) is 6.54 Å². The van der Waals surface area contributed by atoms with Gasteiger partial charge in [-0.1, -0.05) is 21.9 Å². The molecular formula is C10H13NO4S2. The van der Waals surface area contributed by atoms with E-state index in [1.807, 2.05) is 0 Å². The molecule has 1 aliphatic rings. The van der Waals surface area contributed by atoms with E-state index in [9.17, 15) is 16.8 Å². The molecule has 1 aromatic rings. The first-order valence-corrected chi connectivity index (χ1v) is 8.30. The zero-order valence-corrected chi connectivity index (χ0v) is 10.7. The lowest BCUT2D eigenvalue weighted by atomic mass is 10.3. The van der Waals surface area contributed by atoms with E-state index < -0.39 is 20.0 Å². The van der Waals surface area contributed by atoms with Crippen molar-refractivity contribution in [3.05, 3.63) is 30.3 Å². The summed E-state index contributed by atoms with van der Waals surface area (Å²) in [5, 5.41) is 0. The molecular weight excluding hydrogens is 262 g/mol. The number of nitrogens with zero attached hydrogens (tertiary/aromatic N) is 1. The van der Waals surface area contributed by atoms with E-state index in [1.165, 1.54) is 12.1 Å². The van der Waals surface area contributed by atoms with Crippen LogP contribution in [0.5, 0.6) is 0 Å². The Morgan fingerprint density at radius 3 is 2.29 bits per heavy atom. The number of rotatable bonds is 2. The Kier molecular flexibility index (Phi) is 3.24. The van der Waals surface area contributed by atoms with Crippen molar-refractivity contribution in [2.75, 3.05) is 12.3 Å². The van der Waals surface area contributed by atoms with Crippen LogP contribution in [0.1, 0.15) is 12.8 Å². The predicted octanol–water partition coefficient (Wildman–Crippen LogP) is 0.801. The molecule has 2 rings (SSSR count). The van der Waals surface area contributed by atoms with Gasteiger partial charge in [-0.25, -0.2) is 16.8 Å². The van der Waals surface area contributed by atoms with Crippen LogP contribution in [-0.4, -0.2) is 32.8 Å². The third-order valence-electron chi connectivity index (χ3n) is 2.61. The van der Waals surface area contributed by atoms with Gasteiger partial charge in [0.05, 0.1) is 10.6 Å². The minimum atomic E-state index is -3.92. The fourth-order valence-electron chi connectivity index (χ4n) is 1.75. The van der Waals surface area contributed by atoms with Crippen LogP contribution in [0.25, 0.3) is 0 Å². The van der Waals surface area contributed by atoms with Crippen molar-refractivity contribution in [3.8, 4) is 0 Å². The highest BCUT2D eigenvalue weighted by atomic mass is 32.3. The number of benzene rings is 1. The molecule has 0 radical (unpaired) electrons. The maximum Gasteiger partial charge on any atom is 0.256 e.